The van der Waals surface area contributed by atoms with Crippen LogP contribution in [0.25, 0.3) is 0 Å². The van der Waals surface area contributed by atoms with Gasteiger partial charge in [0.25, 0.3) is 0 Å². The molecule has 1 aliphatic heterocycles. The summed E-state index contributed by atoms with van der Waals surface area (Å²) < 4.78 is 5.11. The molecule has 0 aromatic heterocycles. The maximum atomic E-state index is 13.0. The molecular weight excluding hydrogens is 430 g/mol. The summed E-state index contributed by atoms with van der Waals surface area (Å²) in [6.07, 6.45) is 1.51. The Bertz CT molecular complexity index is 969. The zero-order valence-corrected chi connectivity index (χ0v) is 20.3. The molecule has 0 unspecified atom stereocenters. The number of nitrogens with one attached hydrogen (secondary N) is 1. The van der Waals surface area contributed by atoms with Crippen LogP contribution in [-0.2, 0) is 27.3 Å². The standard InChI is InChI=1S/C27H35N3O4/c1-4-34-26(32)23-13-15-29(16-14-23)25(31)18-22-11-8-12-24(17-22)30(27(33)28-20(2)3)19-21-9-6-5-7-10-21/h5-12,17,20,23H,4,13-16,18-19H2,1-3H3,(H,28,33). The number of hydrogen-bond donors (Lipinski definition) is 1. The summed E-state index contributed by atoms with van der Waals surface area (Å²) in [6, 6.07) is 17.3. The van der Waals surface area contributed by atoms with Gasteiger partial charge in [-0.05, 0) is 56.9 Å². The Morgan fingerprint density at radius 2 is 1.71 bits per heavy atom. The molecule has 2 aromatic carbocycles. The van der Waals surface area contributed by atoms with Gasteiger partial charge in [0.2, 0.25) is 5.91 Å². The smallest absolute Gasteiger partial charge is 0.322 e. The number of likely N-dealkylation sites (tertiary alicyclic amines) is 1. The molecule has 0 radical (unpaired) electrons. The zero-order valence-electron chi connectivity index (χ0n) is 20.3. The van der Waals surface area contributed by atoms with Gasteiger partial charge in [-0.1, -0.05) is 42.5 Å². The fourth-order valence-corrected chi connectivity index (χ4v) is 4.12. The van der Waals surface area contributed by atoms with E-state index in [2.05, 4.69) is 5.32 Å². The van der Waals surface area contributed by atoms with E-state index in [-0.39, 0.29) is 36.3 Å². The molecular formula is C27H35N3O4. The number of anilines is 1. The van der Waals surface area contributed by atoms with Crippen molar-refractivity contribution in [2.75, 3.05) is 24.6 Å². The number of nitrogens with zero attached hydrogens (tertiary/aromatic N) is 2. The second kappa shape index (κ2) is 12.2. The zero-order chi connectivity index (χ0) is 24.5. The van der Waals surface area contributed by atoms with Crippen molar-refractivity contribution in [2.24, 2.45) is 5.92 Å². The normalized spacial score (nSPS) is 14.1. The Balaban J connectivity index is 1.68. The summed E-state index contributed by atoms with van der Waals surface area (Å²) in [5, 5.41) is 2.97. The molecule has 7 heteroatoms. The van der Waals surface area contributed by atoms with E-state index in [1.54, 1.807) is 11.8 Å². The summed E-state index contributed by atoms with van der Waals surface area (Å²) in [5.41, 5.74) is 2.62. The van der Waals surface area contributed by atoms with Gasteiger partial charge in [-0.15, -0.1) is 0 Å². The van der Waals surface area contributed by atoms with Crippen molar-refractivity contribution in [3.8, 4) is 0 Å². The van der Waals surface area contributed by atoms with E-state index < -0.39 is 0 Å². The van der Waals surface area contributed by atoms with E-state index in [9.17, 15) is 14.4 Å². The first-order valence-electron chi connectivity index (χ1n) is 12.0. The van der Waals surface area contributed by atoms with Gasteiger partial charge in [0.05, 0.1) is 25.5 Å². The third-order valence-electron chi connectivity index (χ3n) is 5.89. The van der Waals surface area contributed by atoms with Crippen LogP contribution in [0.3, 0.4) is 0 Å². The average Bonchev–Trinajstić information content (AvgIpc) is 2.83. The molecule has 1 aliphatic rings. The molecule has 1 heterocycles. The van der Waals surface area contributed by atoms with Crippen molar-refractivity contribution in [3.05, 3.63) is 65.7 Å². The minimum absolute atomic E-state index is 0.00747. The topological polar surface area (TPSA) is 79.0 Å². The van der Waals surface area contributed by atoms with Crippen LogP contribution in [0, 0.1) is 5.92 Å². The van der Waals surface area contributed by atoms with E-state index in [1.165, 1.54) is 0 Å². The highest BCUT2D eigenvalue weighted by molar-refractivity contribution is 5.92. The maximum Gasteiger partial charge on any atom is 0.322 e. The van der Waals surface area contributed by atoms with E-state index in [4.69, 9.17) is 4.74 Å². The summed E-state index contributed by atoms with van der Waals surface area (Å²) in [7, 11) is 0. The van der Waals surface area contributed by atoms with E-state index >= 15 is 0 Å². The average molecular weight is 466 g/mol. The Morgan fingerprint density at radius 3 is 2.35 bits per heavy atom. The lowest BCUT2D eigenvalue weighted by Crippen LogP contribution is -2.43. The quantitative estimate of drug-likeness (QED) is 0.594. The number of piperidine rings is 1. The second-order valence-electron chi connectivity index (χ2n) is 8.93. The minimum Gasteiger partial charge on any atom is -0.466 e. The highest BCUT2D eigenvalue weighted by Gasteiger charge is 2.28. The molecule has 34 heavy (non-hydrogen) atoms. The molecule has 3 amide bonds. The van der Waals surface area contributed by atoms with Gasteiger partial charge >= 0.3 is 12.0 Å². The van der Waals surface area contributed by atoms with Gasteiger partial charge in [-0.3, -0.25) is 14.5 Å². The Morgan fingerprint density at radius 1 is 1.03 bits per heavy atom. The van der Waals surface area contributed by atoms with E-state index in [0.29, 0.717) is 39.1 Å². The van der Waals surface area contributed by atoms with Gasteiger partial charge < -0.3 is 15.0 Å². The number of urea groups is 1. The minimum atomic E-state index is -0.177. The number of ether oxygens (including phenoxy) is 1. The van der Waals surface area contributed by atoms with Gasteiger partial charge in [-0.2, -0.15) is 0 Å². The van der Waals surface area contributed by atoms with E-state index in [0.717, 1.165) is 16.8 Å². The predicted octanol–water partition coefficient (Wildman–Crippen LogP) is 4.16. The molecule has 0 spiro atoms. The van der Waals surface area contributed by atoms with Crippen molar-refractivity contribution in [3.63, 3.8) is 0 Å². The van der Waals surface area contributed by atoms with Crippen LogP contribution in [0.1, 0.15) is 44.7 Å². The Hall–Kier alpha value is -3.35. The molecule has 1 fully saturated rings. The van der Waals surface area contributed by atoms with Gasteiger partial charge in [0.1, 0.15) is 0 Å². The fourth-order valence-electron chi connectivity index (χ4n) is 4.12. The second-order valence-corrected chi connectivity index (χ2v) is 8.93. The summed E-state index contributed by atoms with van der Waals surface area (Å²) in [5.74, 6) is -0.264. The van der Waals surface area contributed by atoms with E-state index in [1.807, 2.05) is 73.3 Å². The van der Waals surface area contributed by atoms with Crippen molar-refractivity contribution in [2.45, 2.75) is 52.6 Å². The van der Waals surface area contributed by atoms with Gasteiger partial charge in [-0.25, -0.2) is 4.79 Å². The first-order valence-corrected chi connectivity index (χ1v) is 12.0. The largest absolute Gasteiger partial charge is 0.466 e. The predicted molar refractivity (Wildman–Crippen MR) is 132 cm³/mol. The van der Waals surface area contributed by atoms with Crippen molar-refractivity contribution in [1.82, 2.24) is 10.2 Å². The van der Waals surface area contributed by atoms with Gasteiger partial charge in [0, 0.05) is 24.8 Å². The number of hydrogen-bond acceptors (Lipinski definition) is 4. The van der Waals surface area contributed by atoms with Crippen LogP contribution < -0.4 is 10.2 Å². The maximum absolute atomic E-state index is 13.0. The number of amides is 3. The lowest BCUT2D eigenvalue weighted by atomic mass is 9.96. The van der Waals surface area contributed by atoms with Crippen LogP contribution in [0.5, 0.6) is 0 Å². The Kier molecular flexibility index (Phi) is 9.08. The van der Waals surface area contributed by atoms with Crippen LogP contribution in [-0.4, -0.2) is 48.5 Å². The molecule has 2 aromatic rings. The van der Waals surface area contributed by atoms with Crippen LogP contribution in [0.2, 0.25) is 0 Å². The molecule has 1 saturated heterocycles. The molecule has 1 N–H and O–H groups in total. The third-order valence-corrected chi connectivity index (χ3v) is 5.89. The lowest BCUT2D eigenvalue weighted by Gasteiger charge is -2.31. The first kappa shape index (κ1) is 25.3. The molecule has 0 atom stereocenters. The monoisotopic (exact) mass is 465 g/mol. The number of esters is 1. The molecule has 0 saturated carbocycles. The first-order chi connectivity index (χ1) is 16.4. The highest BCUT2D eigenvalue weighted by Crippen LogP contribution is 2.22. The fraction of sp³-hybridized carbons (Fsp3) is 0.444. The van der Waals surface area contributed by atoms with Crippen LogP contribution in [0.4, 0.5) is 10.5 Å². The SMILES string of the molecule is CCOC(=O)C1CCN(C(=O)Cc2cccc(N(Cc3ccccc3)C(=O)NC(C)C)c2)CC1. The van der Waals surface area contributed by atoms with Crippen LogP contribution >= 0.6 is 0 Å². The molecule has 182 valence electrons. The van der Waals surface area contributed by atoms with Crippen LogP contribution in [0.15, 0.2) is 54.6 Å². The molecule has 3 rings (SSSR count). The summed E-state index contributed by atoms with van der Waals surface area (Å²) >= 11 is 0. The third kappa shape index (κ3) is 7.07. The summed E-state index contributed by atoms with van der Waals surface area (Å²) in [6.45, 7) is 7.58. The molecule has 0 bridgehead atoms. The molecule has 7 nitrogen and oxygen atoms in total. The molecule has 0 aliphatic carbocycles. The number of carbonyl (C=O) groups excluding carboxylic acids is 3. The van der Waals surface area contributed by atoms with Crippen molar-refractivity contribution >= 4 is 23.6 Å². The highest BCUT2D eigenvalue weighted by atomic mass is 16.5. The number of benzene rings is 2. The lowest BCUT2D eigenvalue weighted by molar-refractivity contribution is -0.151. The van der Waals surface area contributed by atoms with Crippen molar-refractivity contribution in [1.29, 1.82) is 0 Å². The number of carbonyl (C=O) groups is 3. The number of rotatable bonds is 8. The summed E-state index contributed by atoms with van der Waals surface area (Å²) in [4.78, 5) is 41.4. The van der Waals surface area contributed by atoms with Crippen molar-refractivity contribution < 1.29 is 19.1 Å². The Labute approximate surface area is 202 Å². The van der Waals surface area contributed by atoms with Gasteiger partial charge in [0.15, 0.2) is 0 Å².